The summed E-state index contributed by atoms with van der Waals surface area (Å²) < 4.78 is 28.1. The lowest BCUT2D eigenvalue weighted by Crippen LogP contribution is -2.46. The van der Waals surface area contributed by atoms with Gasteiger partial charge in [-0.05, 0) is 66.9 Å². The number of aromatic nitrogens is 1. The maximum absolute atomic E-state index is 13.4. The Labute approximate surface area is 248 Å². The predicted molar refractivity (Wildman–Crippen MR) is 167 cm³/mol. The maximum atomic E-state index is 13.4. The van der Waals surface area contributed by atoms with Gasteiger partial charge in [-0.2, -0.15) is 0 Å². The fraction of sp³-hybridized carbons (Fsp3) is 0.387. The molecule has 1 aromatic heterocycles. The molecule has 8 heteroatoms. The first kappa shape index (κ1) is 33.0. The molecule has 0 bridgehead atoms. The van der Waals surface area contributed by atoms with E-state index in [0.717, 1.165) is 73.8 Å². The lowest BCUT2D eigenvalue weighted by molar-refractivity contribution is 0.252. The summed E-state index contributed by atoms with van der Waals surface area (Å²) in [4.78, 5) is 9.78. The normalized spacial score (nSPS) is 13.4. The molecule has 0 aliphatic carbocycles. The molecule has 2 heterocycles. The molecule has 1 saturated heterocycles. The van der Waals surface area contributed by atoms with Crippen molar-refractivity contribution in [3.8, 4) is 0 Å². The number of para-hydroxylation sites is 1. The van der Waals surface area contributed by atoms with Crippen LogP contribution in [0.4, 0.5) is 13.9 Å². The SMILES string of the molecule is CC.Cl.Cl.Fc1ccc(C(CCCCCN2CCN(c3nc4ccccc4s3)CC2)c2ccc(F)cc2)cc1. The third kappa shape index (κ3) is 9.14. The molecule has 4 aromatic rings. The quantitative estimate of drug-likeness (QED) is 0.180. The van der Waals surface area contributed by atoms with E-state index in [1.54, 1.807) is 11.3 Å². The van der Waals surface area contributed by atoms with Gasteiger partial charge < -0.3 is 4.90 Å². The van der Waals surface area contributed by atoms with Gasteiger partial charge in [-0.25, -0.2) is 13.8 Å². The van der Waals surface area contributed by atoms with Crippen LogP contribution < -0.4 is 4.90 Å². The Morgan fingerprint density at radius 2 is 1.31 bits per heavy atom. The Hall–Kier alpha value is -2.25. The van der Waals surface area contributed by atoms with Crippen molar-refractivity contribution in [3.63, 3.8) is 0 Å². The molecular weight excluding hydrogens is 555 g/mol. The minimum Gasteiger partial charge on any atom is -0.345 e. The summed E-state index contributed by atoms with van der Waals surface area (Å²) in [6.45, 7) is 9.31. The summed E-state index contributed by atoms with van der Waals surface area (Å²) in [6, 6.07) is 21.8. The number of halogens is 4. The molecule has 1 aliphatic rings. The van der Waals surface area contributed by atoms with Crippen LogP contribution in [0.25, 0.3) is 10.2 Å². The molecule has 0 amide bonds. The Morgan fingerprint density at radius 3 is 1.87 bits per heavy atom. The molecule has 1 fully saturated rings. The number of anilines is 1. The van der Waals surface area contributed by atoms with Gasteiger partial charge in [0.05, 0.1) is 10.2 Å². The second-order valence-corrected chi connectivity index (χ2v) is 10.3. The molecule has 3 aromatic carbocycles. The fourth-order valence-electron chi connectivity index (χ4n) is 4.93. The van der Waals surface area contributed by atoms with Crippen molar-refractivity contribution in [3.05, 3.63) is 95.6 Å². The minimum absolute atomic E-state index is 0. The van der Waals surface area contributed by atoms with Gasteiger partial charge >= 0.3 is 0 Å². The highest BCUT2D eigenvalue weighted by atomic mass is 35.5. The van der Waals surface area contributed by atoms with E-state index < -0.39 is 0 Å². The minimum atomic E-state index is -0.227. The van der Waals surface area contributed by atoms with Gasteiger partial charge in [0.25, 0.3) is 0 Å². The maximum Gasteiger partial charge on any atom is 0.186 e. The number of rotatable bonds is 9. The molecule has 5 rings (SSSR count). The summed E-state index contributed by atoms with van der Waals surface area (Å²) in [7, 11) is 0. The second kappa shape index (κ2) is 16.8. The largest absolute Gasteiger partial charge is 0.345 e. The topological polar surface area (TPSA) is 19.4 Å². The van der Waals surface area contributed by atoms with Gasteiger partial charge in [-0.3, -0.25) is 4.90 Å². The average molecular weight is 595 g/mol. The van der Waals surface area contributed by atoms with Crippen LogP contribution in [0.15, 0.2) is 72.8 Å². The first-order chi connectivity index (χ1) is 18.2. The van der Waals surface area contributed by atoms with Crippen LogP contribution >= 0.6 is 36.2 Å². The molecule has 0 saturated carbocycles. The lowest BCUT2D eigenvalue weighted by Gasteiger charge is -2.34. The van der Waals surface area contributed by atoms with Crippen molar-refractivity contribution >= 4 is 51.5 Å². The highest BCUT2D eigenvalue weighted by Gasteiger charge is 2.20. The Kier molecular flexibility index (Phi) is 14.2. The van der Waals surface area contributed by atoms with Crippen molar-refractivity contribution in [2.24, 2.45) is 0 Å². The number of nitrogens with zero attached hydrogens (tertiary/aromatic N) is 3. The highest BCUT2D eigenvalue weighted by Crippen LogP contribution is 2.31. The van der Waals surface area contributed by atoms with Crippen molar-refractivity contribution in [1.82, 2.24) is 9.88 Å². The Bertz CT molecular complexity index is 1150. The Balaban J connectivity index is 0.00000130. The second-order valence-electron chi connectivity index (χ2n) is 9.30. The summed E-state index contributed by atoms with van der Waals surface area (Å²) >= 11 is 1.78. The number of unbranched alkanes of at least 4 members (excludes halogenated alkanes) is 2. The van der Waals surface area contributed by atoms with Gasteiger partial charge in [0.15, 0.2) is 5.13 Å². The summed E-state index contributed by atoms with van der Waals surface area (Å²) in [5, 5.41) is 1.14. The first-order valence-electron chi connectivity index (χ1n) is 13.5. The molecule has 0 radical (unpaired) electrons. The van der Waals surface area contributed by atoms with Gasteiger partial charge in [-0.15, -0.1) is 24.8 Å². The highest BCUT2D eigenvalue weighted by molar-refractivity contribution is 7.22. The standard InChI is InChI=1S/C29H31F2N3S.C2H6.2ClH/c30-24-13-9-22(10-14-24)26(23-11-15-25(31)16-12-23)6-2-1-5-17-33-18-20-34(21-19-33)29-32-27-7-3-4-8-28(27)35-29;1-2;;/h3-4,7-16,26H,1-2,5-6,17-21H2;1-2H3;2*1H. The van der Waals surface area contributed by atoms with E-state index in [9.17, 15) is 8.78 Å². The third-order valence-corrected chi connectivity index (χ3v) is 8.03. The zero-order chi connectivity index (χ0) is 26.0. The monoisotopic (exact) mass is 593 g/mol. The smallest absolute Gasteiger partial charge is 0.186 e. The zero-order valence-corrected chi connectivity index (χ0v) is 25.1. The van der Waals surface area contributed by atoms with Crippen molar-refractivity contribution < 1.29 is 8.78 Å². The predicted octanol–water partition coefficient (Wildman–Crippen LogP) is 8.96. The van der Waals surface area contributed by atoms with E-state index in [1.165, 1.54) is 35.4 Å². The number of thiazole rings is 1. The van der Waals surface area contributed by atoms with Crippen molar-refractivity contribution in [2.45, 2.75) is 45.4 Å². The van der Waals surface area contributed by atoms with Crippen LogP contribution in [-0.2, 0) is 0 Å². The van der Waals surface area contributed by atoms with Crippen LogP contribution in [0.3, 0.4) is 0 Å². The van der Waals surface area contributed by atoms with Gasteiger partial charge in [0, 0.05) is 32.1 Å². The zero-order valence-electron chi connectivity index (χ0n) is 22.7. The lowest BCUT2D eigenvalue weighted by atomic mass is 9.87. The molecular formula is C31H39Cl2F2N3S. The first-order valence-corrected chi connectivity index (χ1v) is 14.3. The Morgan fingerprint density at radius 1 is 0.744 bits per heavy atom. The molecule has 3 nitrogen and oxygen atoms in total. The van der Waals surface area contributed by atoms with E-state index in [-0.39, 0.29) is 42.4 Å². The molecule has 1 aliphatic heterocycles. The molecule has 39 heavy (non-hydrogen) atoms. The van der Waals surface area contributed by atoms with Crippen LogP contribution in [0.5, 0.6) is 0 Å². The third-order valence-electron chi connectivity index (χ3n) is 6.94. The molecule has 212 valence electrons. The summed E-state index contributed by atoms with van der Waals surface area (Å²) in [6.07, 6.45) is 4.38. The fourth-order valence-corrected chi connectivity index (χ4v) is 5.95. The van der Waals surface area contributed by atoms with Gasteiger partial charge in [0.2, 0.25) is 0 Å². The van der Waals surface area contributed by atoms with E-state index in [0.29, 0.717) is 0 Å². The van der Waals surface area contributed by atoms with E-state index in [2.05, 4.69) is 28.0 Å². The van der Waals surface area contributed by atoms with Crippen LogP contribution in [-0.4, -0.2) is 42.6 Å². The molecule has 0 N–H and O–H groups in total. The van der Waals surface area contributed by atoms with Crippen molar-refractivity contribution in [2.75, 3.05) is 37.6 Å². The van der Waals surface area contributed by atoms with Crippen molar-refractivity contribution in [1.29, 1.82) is 0 Å². The van der Waals surface area contributed by atoms with Crippen LogP contribution in [0, 0.1) is 11.6 Å². The van der Waals surface area contributed by atoms with E-state index >= 15 is 0 Å². The number of hydrogen-bond donors (Lipinski definition) is 0. The van der Waals surface area contributed by atoms with Crippen LogP contribution in [0.2, 0.25) is 0 Å². The molecule has 0 unspecified atom stereocenters. The molecule has 0 spiro atoms. The number of fused-ring (bicyclic) bond motifs is 1. The van der Waals surface area contributed by atoms with Gasteiger partial charge in [-0.1, -0.05) is 74.4 Å². The number of hydrogen-bond acceptors (Lipinski definition) is 4. The number of benzene rings is 3. The van der Waals surface area contributed by atoms with Gasteiger partial charge in [0.1, 0.15) is 11.6 Å². The average Bonchev–Trinajstić information content (AvgIpc) is 3.38. The summed E-state index contributed by atoms with van der Waals surface area (Å²) in [5.41, 5.74) is 3.27. The molecule has 0 atom stereocenters. The van der Waals surface area contributed by atoms with Crippen LogP contribution in [0.1, 0.15) is 56.6 Å². The summed E-state index contributed by atoms with van der Waals surface area (Å²) in [5.74, 6) is -0.293. The number of piperazine rings is 1. The van der Waals surface area contributed by atoms with E-state index in [1.807, 2.05) is 44.2 Å². The van der Waals surface area contributed by atoms with E-state index in [4.69, 9.17) is 4.98 Å².